The molecule has 0 radical (unpaired) electrons. The molecule has 2 aromatic rings. The van der Waals surface area contributed by atoms with Crippen LogP contribution in [0.2, 0.25) is 5.02 Å². The van der Waals surface area contributed by atoms with Gasteiger partial charge >= 0.3 is 5.97 Å². The zero-order chi connectivity index (χ0) is 18.1. The summed E-state index contributed by atoms with van der Waals surface area (Å²) in [4.78, 5) is 17.9. The first kappa shape index (κ1) is 17.8. The lowest BCUT2D eigenvalue weighted by Crippen LogP contribution is -2.12. The molecule has 0 spiro atoms. The lowest BCUT2D eigenvalue weighted by Gasteiger charge is -2.07. The molecule has 0 fully saturated rings. The van der Waals surface area contributed by atoms with Gasteiger partial charge in [-0.05, 0) is 12.1 Å². The van der Waals surface area contributed by atoms with Crippen LogP contribution in [0.15, 0.2) is 29.4 Å². The fraction of sp³-hybridized carbons (Fsp3) is 0.154. The van der Waals surface area contributed by atoms with Crippen molar-refractivity contribution in [3.05, 3.63) is 29.3 Å². The van der Waals surface area contributed by atoms with Crippen LogP contribution in [0.4, 0.5) is 11.6 Å². The van der Waals surface area contributed by atoms with Gasteiger partial charge in [0.15, 0.2) is 0 Å². The Hall–Kier alpha value is -2.59. The third-order valence-electron chi connectivity index (χ3n) is 2.82. The van der Waals surface area contributed by atoms with E-state index in [-0.39, 0.29) is 16.3 Å². The van der Waals surface area contributed by atoms with Crippen molar-refractivity contribution in [1.29, 1.82) is 0 Å². The van der Waals surface area contributed by atoms with Gasteiger partial charge in [-0.25, -0.2) is 23.2 Å². The number of nitrogens with one attached hydrogen (secondary N) is 2. The first-order chi connectivity index (χ1) is 11.1. The van der Waals surface area contributed by atoms with E-state index < -0.39 is 16.0 Å². The second-order valence-corrected chi connectivity index (χ2v) is 7.04. The highest BCUT2D eigenvalue weighted by Gasteiger charge is 2.12. The number of fused-ring (bicyclic) bond motifs is 1. The number of carbonyl (C=O) groups is 1. The number of H-pyrrole nitrogens is 1. The number of hydrogen-bond donors (Lipinski definition) is 3. The number of aromatic nitrogens is 2. The van der Waals surface area contributed by atoms with E-state index in [4.69, 9.17) is 16.7 Å². The summed E-state index contributed by atoms with van der Waals surface area (Å²) in [6, 6.07) is 3.00. The topological polar surface area (TPSA) is 128 Å². The summed E-state index contributed by atoms with van der Waals surface area (Å²) in [6.45, 7) is 3.33. The number of aliphatic carboxylic acids is 1. The monoisotopic (exact) mass is 371 g/mol. The van der Waals surface area contributed by atoms with Crippen molar-refractivity contribution < 1.29 is 18.3 Å². The van der Waals surface area contributed by atoms with Crippen molar-refractivity contribution >= 4 is 56.5 Å². The Labute approximate surface area is 142 Å². The van der Waals surface area contributed by atoms with Gasteiger partial charge in [0.1, 0.15) is 0 Å². The summed E-state index contributed by atoms with van der Waals surface area (Å²) in [5.41, 5.74) is 1.04. The normalized spacial score (nSPS) is 11.8. The molecule has 0 saturated heterocycles. The first-order valence-electron chi connectivity index (χ1n) is 6.44. The Morgan fingerprint density at radius 3 is 2.79 bits per heavy atom. The summed E-state index contributed by atoms with van der Waals surface area (Å²) in [6.07, 6.45) is 2.10. The third-order valence-corrected chi connectivity index (χ3v) is 3.72. The number of aromatic amines is 1. The van der Waals surface area contributed by atoms with E-state index in [1.54, 1.807) is 7.05 Å². The average molecular weight is 372 g/mol. The summed E-state index contributed by atoms with van der Waals surface area (Å²) in [5.74, 6) is -0.868. The number of sulfonamides is 1. The maximum Gasteiger partial charge on any atom is 0.336 e. The molecule has 11 heteroatoms. The SMILES string of the molecule is C=C(/C=N\N(C)c1nc2cc(NS(C)(=O)=O)c(Cl)cc2[nH]1)C(=O)O. The zero-order valence-electron chi connectivity index (χ0n) is 12.7. The summed E-state index contributed by atoms with van der Waals surface area (Å²) < 4.78 is 24.9. The summed E-state index contributed by atoms with van der Waals surface area (Å²) in [7, 11) is -1.92. The van der Waals surface area contributed by atoms with E-state index in [9.17, 15) is 13.2 Å². The first-order valence-corrected chi connectivity index (χ1v) is 8.70. The highest BCUT2D eigenvalue weighted by molar-refractivity contribution is 7.92. The standard InChI is InChI=1S/C13H14ClN5O4S/c1-7(12(20)21)6-15-19(2)13-16-10-4-8(14)9(5-11(10)17-13)18-24(3,22)23/h4-6,18H,1H2,2-3H3,(H,16,17)(H,20,21)/b15-6-. The zero-order valence-corrected chi connectivity index (χ0v) is 14.3. The molecule has 0 aliphatic carbocycles. The molecule has 0 atom stereocenters. The van der Waals surface area contributed by atoms with Crippen molar-refractivity contribution in [1.82, 2.24) is 9.97 Å². The minimum Gasteiger partial charge on any atom is -0.478 e. The maximum absolute atomic E-state index is 11.3. The lowest BCUT2D eigenvalue weighted by molar-refractivity contribution is -0.131. The molecule has 1 aromatic heterocycles. The Kier molecular flexibility index (Phi) is 4.81. The van der Waals surface area contributed by atoms with Crippen LogP contribution in [0.5, 0.6) is 0 Å². The summed E-state index contributed by atoms with van der Waals surface area (Å²) in [5, 5.41) is 14.1. The number of hydrogen-bond acceptors (Lipinski definition) is 6. The van der Waals surface area contributed by atoms with Crippen LogP contribution >= 0.6 is 11.6 Å². The Morgan fingerprint density at radius 2 is 2.21 bits per heavy atom. The van der Waals surface area contributed by atoms with E-state index in [2.05, 4.69) is 26.4 Å². The van der Waals surface area contributed by atoms with Gasteiger partial charge in [-0.1, -0.05) is 18.2 Å². The fourth-order valence-electron chi connectivity index (χ4n) is 1.71. The minimum absolute atomic E-state index is 0.180. The lowest BCUT2D eigenvalue weighted by atomic mass is 10.3. The van der Waals surface area contributed by atoms with Crippen molar-refractivity contribution in [2.45, 2.75) is 0 Å². The smallest absolute Gasteiger partial charge is 0.336 e. The molecule has 0 aliphatic rings. The molecule has 2 rings (SSSR count). The quantitative estimate of drug-likeness (QED) is 0.402. The van der Waals surface area contributed by atoms with Gasteiger partial charge in [-0.15, -0.1) is 0 Å². The number of hydrazone groups is 1. The molecule has 0 amide bonds. The van der Waals surface area contributed by atoms with Gasteiger partial charge in [-0.3, -0.25) is 4.72 Å². The van der Waals surface area contributed by atoms with E-state index in [0.717, 1.165) is 12.5 Å². The van der Waals surface area contributed by atoms with Gasteiger partial charge in [-0.2, -0.15) is 5.10 Å². The molecule has 128 valence electrons. The van der Waals surface area contributed by atoms with E-state index >= 15 is 0 Å². The molecule has 1 aromatic carbocycles. The molecular formula is C13H14ClN5O4S. The van der Waals surface area contributed by atoms with E-state index in [0.29, 0.717) is 17.0 Å². The predicted octanol–water partition coefficient (Wildman–Crippen LogP) is 1.65. The number of carboxylic acid groups (broad SMARTS) is 1. The number of imidazole rings is 1. The van der Waals surface area contributed by atoms with Crippen LogP contribution in [-0.4, -0.2) is 49.0 Å². The summed E-state index contributed by atoms with van der Waals surface area (Å²) >= 11 is 6.04. The third kappa shape index (κ3) is 4.24. The number of halogens is 1. The van der Waals surface area contributed by atoms with Gasteiger partial charge in [0, 0.05) is 7.05 Å². The molecule has 0 bridgehead atoms. The van der Waals surface area contributed by atoms with Crippen molar-refractivity contribution in [3.63, 3.8) is 0 Å². The Bertz CT molecular complexity index is 951. The van der Waals surface area contributed by atoms with Crippen LogP contribution in [0.3, 0.4) is 0 Å². The molecular weight excluding hydrogens is 358 g/mol. The van der Waals surface area contributed by atoms with Gasteiger partial charge in [0.25, 0.3) is 0 Å². The minimum atomic E-state index is -3.48. The van der Waals surface area contributed by atoms with Crippen molar-refractivity contribution in [2.75, 3.05) is 23.0 Å². The molecule has 9 nitrogen and oxygen atoms in total. The number of nitrogens with zero attached hydrogens (tertiary/aromatic N) is 3. The van der Waals surface area contributed by atoms with Gasteiger partial charge in [0.2, 0.25) is 16.0 Å². The molecule has 3 N–H and O–H groups in total. The van der Waals surface area contributed by atoms with Gasteiger partial charge in [0.05, 0.1) is 39.8 Å². The fourth-order valence-corrected chi connectivity index (χ4v) is 2.55. The molecule has 0 aliphatic heterocycles. The second-order valence-electron chi connectivity index (χ2n) is 4.88. The van der Waals surface area contributed by atoms with E-state index in [1.807, 2.05) is 0 Å². The Morgan fingerprint density at radius 1 is 1.54 bits per heavy atom. The number of carboxylic acids is 1. The van der Waals surface area contributed by atoms with Crippen LogP contribution in [0.1, 0.15) is 0 Å². The number of rotatable bonds is 6. The maximum atomic E-state index is 11.3. The van der Waals surface area contributed by atoms with Crippen molar-refractivity contribution in [2.24, 2.45) is 5.10 Å². The molecule has 0 saturated carbocycles. The second kappa shape index (κ2) is 6.49. The highest BCUT2D eigenvalue weighted by Crippen LogP contribution is 2.29. The van der Waals surface area contributed by atoms with E-state index in [1.165, 1.54) is 17.1 Å². The average Bonchev–Trinajstić information content (AvgIpc) is 2.85. The largest absolute Gasteiger partial charge is 0.478 e. The Balaban J connectivity index is 2.34. The molecule has 24 heavy (non-hydrogen) atoms. The number of anilines is 2. The van der Waals surface area contributed by atoms with Crippen LogP contribution in [0.25, 0.3) is 11.0 Å². The van der Waals surface area contributed by atoms with Gasteiger partial charge < -0.3 is 10.1 Å². The van der Waals surface area contributed by atoms with Crippen LogP contribution in [0, 0.1) is 0 Å². The number of benzene rings is 1. The van der Waals surface area contributed by atoms with Crippen molar-refractivity contribution in [3.8, 4) is 0 Å². The van der Waals surface area contributed by atoms with Crippen LogP contribution in [-0.2, 0) is 14.8 Å². The predicted molar refractivity (Wildman–Crippen MR) is 93.2 cm³/mol. The molecule has 1 heterocycles. The highest BCUT2D eigenvalue weighted by atomic mass is 35.5. The van der Waals surface area contributed by atoms with Crippen LogP contribution < -0.4 is 9.73 Å². The molecule has 0 unspecified atom stereocenters.